The molecule has 1 aliphatic rings. The van der Waals surface area contributed by atoms with E-state index >= 15 is 0 Å². The van der Waals surface area contributed by atoms with E-state index in [1.807, 2.05) is 18.2 Å². The van der Waals surface area contributed by atoms with Crippen LogP contribution in [0.3, 0.4) is 0 Å². The van der Waals surface area contributed by atoms with Crippen LogP contribution in [0, 0.1) is 6.92 Å². The molecule has 0 atom stereocenters. The Morgan fingerprint density at radius 3 is 2.72 bits per heavy atom. The van der Waals surface area contributed by atoms with Gasteiger partial charge in [0.2, 0.25) is 0 Å². The smallest absolute Gasteiger partial charge is 0.269 e. The van der Waals surface area contributed by atoms with Crippen LogP contribution in [0.4, 0.5) is 11.4 Å². The van der Waals surface area contributed by atoms with Crippen LogP contribution in [-0.4, -0.2) is 17.4 Å². The number of amides is 1. The van der Waals surface area contributed by atoms with E-state index in [-0.39, 0.29) is 5.91 Å². The van der Waals surface area contributed by atoms with Gasteiger partial charge in [-0.1, -0.05) is 29.3 Å². The first kappa shape index (κ1) is 17.2. The molecule has 1 aromatic heterocycles. The zero-order valence-corrected chi connectivity index (χ0v) is 14.7. The number of anilines is 2. The molecule has 0 unspecified atom stereocenters. The lowest BCUT2D eigenvalue weighted by atomic mass is 9.97. The summed E-state index contributed by atoms with van der Waals surface area (Å²) >= 11 is 0. The molecule has 1 amide bonds. The summed E-state index contributed by atoms with van der Waals surface area (Å²) in [6, 6.07) is 11.8. The molecule has 25 heavy (non-hydrogen) atoms. The summed E-state index contributed by atoms with van der Waals surface area (Å²) in [4.78, 5) is 16.5. The fourth-order valence-electron chi connectivity index (χ4n) is 2.99. The molecule has 0 radical (unpaired) electrons. The van der Waals surface area contributed by atoms with Gasteiger partial charge in [0.15, 0.2) is 0 Å². The van der Waals surface area contributed by atoms with E-state index < -0.39 is 0 Å². The van der Waals surface area contributed by atoms with E-state index in [9.17, 15) is 4.79 Å². The minimum Gasteiger partial charge on any atom is -0.355 e. The first-order chi connectivity index (χ1) is 12.2. The Kier molecular flexibility index (Phi) is 5.83. The number of carbonyl (C=O) groups excluding carboxylic acids is 1. The van der Waals surface area contributed by atoms with Crippen LogP contribution in [0.15, 0.2) is 54.2 Å². The lowest BCUT2D eigenvalue weighted by molar-refractivity contribution is 0.0949. The highest BCUT2D eigenvalue weighted by Crippen LogP contribution is 2.20. The van der Waals surface area contributed by atoms with Gasteiger partial charge in [0.25, 0.3) is 5.91 Å². The third-order valence-electron chi connectivity index (χ3n) is 4.45. The number of pyridine rings is 1. The Morgan fingerprint density at radius 1 is 1.12 bits per heavy atom. The number of benzene rings is 1. The Balaban J connectivity index is 1.55. The number of nitrogens with one attached hydrogen (secondary N) is 2. The van der Waals surface area contributed by atoms with Gasteiger partial charge in [-0.25, -0.2) is 0 Å². The highest BCUT2D eigenvalue weighted by molar-refractivity contribution is 5.93. The second-order valence-electron chi connectivity index (χ2n) is 6.53. The van der Waals surface area contributed by atoms with Gasteiger partial charge >= 0.3 is 0 Å². The van der Waals surface area contributed by atoms with E-state index in [2.05, 4.69) is 40.8 Å². The number of aryl methyl sites for hydroxylation is 1. The van der Waals surface area contributed by atoms with Gasteiger partial charge in [-0.2, -0.15) is 0 Å². The van der Waals surface area contributed by atoms with Crippen LogP contribution in [0.5, 0.6) is 0 Å². The Hall–Kier alpha value is -2.62. The summed E-state index contributed by atoms with van der Waals surface area (Å²) < 4.78 is 0. The second kappa shape index (κ2) is 8.47. The van der Waals surface area contributed by atoms with Crippen molar-refractivity contribution in [3.8, 4) is 0 Å². The number of rotatable bonds is 6. The highest BCUT2D eigenvalue weighted by Gasteiger charge is 2.09. The SMILES string of the molecule is Cc1ccc(Nc2ccnc(C(=O)NCCC3=CCCCC3)c2)cc1. The van der Waals surface area contributed by atoms with Gasteiger partial charge in [0, 0.05) is 24.1 Å². The lowest BCUT2D eigenvalue weighted by Gasteiger charge is -2.13. The minimum atomic E-state index is -0.121. The van der Waals surface area contributed by atoms with Crippen molar-refractivity contribution in [2.24, 2.45) is 0 Å². The molecule has 0 spiro atoms. The molecule has 130 valence electrons. The Bertz CT molecular complexity index is 750. The number of allylic oxidation sites excluding steroid dienone is 1. The fourth-order valence-corrected chi connectivity index (χ4v) is 2.99. The van der Waals surface area contributed by atoms with E-state index in [0.29, 0.717) is 12.2 Å². The molecule has 0 fully saturated rings. The monoisotopic (exact) mass is 335 g/mol. The van der Waals surface area contributed by atoms with Crippen LogP contribution in [-0.2, 0) is 0 Å². The molecule has 1 heterocycles. The normalized spacial score (nSPS) is 13.9. The van der Waals surface area contributed by atoms with E-state index in [1.165, 1.54) is 36.8 Å². The predicted molar refractivity (Wildman–Crippen MR) is 102 cm³/mol. The summed E-state index contributed by atoms with van der Waals surface area (Å²) in [5.74, 6) is -0.121. The average Bonchev–Trinajstić information content (AvgIpc) is 2.65. The van der Waals surface area contributed by atoms with Gasteiger partial charge < -0.3 is 10.6 Å². The van der Waals surface area contributed by atoms with Crippen molar-refractivity contribution in [1.29, 1.82) is 0 Å². The van der Waals surface area contributed by atoms with Gasteiger partial charge in [0.05, 0.1) is 0 Å². The first-order valence-corrected chi connectivity index (χ1v) is 8.96. The molecule has 0 aliphatic heterocycles. The highest BCUT2D eigenvalue weighted by atomic mass is 16.1. The summed E-state index contributed by atoms with van der Waals surface area (Å²) in [5, 5.41) is 6.28. The summed E-state index contributed by atoms with van der Waals surface area (Å²) in [5.41, 5.74) is 4.98. The van der Waals surface area contributed by atoms with E-state index in [1.54, 1.807) is 12.3 Å². The molecule has 0 bridgehead atoms. The van der Waals surface area contributed by atoms with Crippen LogP contribution >= 0.6 is 0 Å². The summed E-state index contributed by atoms with van der Waals surface area (Å²) in [6.07, 6.45) is 9.83. The molecule has 0 saturated carbocycles. The average molecular weight is 335 g/mol. The standard InChI is InChI=1S/C21H25N3O/c1-16-7-9-18(10-8-16)24-19-12-14-22-20(15-19)21(25)23-13-11-17-5-3-2-4-6-17/h5,7-10,12,14-15H,2-4,6,11,13H2,1H3,(H,22,24)(H,23,25). The van der Waals surface area contributed by atoms with Crippen molar-refractivity contribution in [3.63, 3.8) is 0 Å². The maximum atomic E-state index is 12.3. The molecule has 0 saturated heterocycles. The zero-order chi connectivity index (χ0) is 17.5. The number of hydrogen-bond acceptors (Lipinski definition) is 3. The number of carbonyl (C=O) groups is 1. The number of nitrogens with zero attached hydrogens (tertiary/aromatic N) is 1. The second-order valence-corrected chi connectivity index (χ2v) is 6.53. The summed E-state index contributed by atoms with van der Waals surface area (Å²) in [6.45, 7) is 2.73. The Labute approximate surface area is 149 Å². The quantitative estimate of drug-likeness (QED) is 0.749. The molecule has 4 nitrogen and oxygen atoms in total. The van der Waals surface area contributed by atoms with Crippen molar-refractivity contribution < 1.29 is 4.79 Å². The zero-order valence-electron chi connectivity index (χ0n) is 14.7. The molecule has 2 aromatic rings. The molecule has 1 aromatic carbocycles. The maximum absolute atomic E-state index is 12.3. The van der Waals surface area contributed by atoms with Crippen LogP contribution < -0.4 is 10.6 Å². The lowest BCUT2D eigenvalue weighted by Crippen LogP contribution is -2.25. The van der Waals surface area contributed by atoms with Gasteiger partial charge in [-0.15, -0.1) is 0 Å². The van der Waals surface area contributed by atoms with E-state index in [4.69, 9.17) is 0 Å². The summed E-state index contributed by atoms with van der Waals surface area (Å²) in [7, 11) is 0. The minimum absolute atomic E-state index is 0.121. The van der Waals surface area contributed by atoms with Crippen LogP contribution in [0.2, 0.25) is 0 Å². The Morgan fingerprint density at radius 2 is 1.96 bits per heavy atom. The van der Waals surface area contributed by atoms with Crippen molar-refractivity contribution in [1.82, 2.24) is 10.3 Å². The molecule has 3 rings (SSSR count). The van der Waals surface area contributed by atoms with Crippen LogP contribution in [0.1, 0.15) is 48.2 Å². The van der Waals surface area contributed by atoms with Gasteiger partial charge in [0.1, 0.15) is 5.69 Å². The van der Waals surface area contributed by atoms with Crippen molar-refractivity contribution in [2.75, 3.05) is 11.9 Å². The molecule has 4 heteroatoms. The first-order valence-electron chi connectivity index (χ1n) is 8.96. The molecular formula is C21H25N3O. The molecule has 1 aliphatic carbocycles. The number of hydrogen-bond donors (Lipinski definition) is 2. The van der Waals surface area contributed by atoms with E-state index in [0.717, 1.165) is 17.8 Å². The molecule has 2 N–H and O–H groups in total. The maximum Gasteiger partial charge on any atom is 0.269 e. The third-order valence-corrected chi connectivity index (χ3v) is 4.45. The third kappa shape index (κ3) is 5.18. The molecular weight excluding hydrogens is 310 g/mol. The van der Waals surface area contributed by atoms with Gasteiger partial charge in [-0.05, 0) is 63.3 Å². The largest absolute Gasteiger partial charge is 0.355 e. The number of aromatic nitrogens is 1. The van der Waals surface area contributed by atoms with Gasteiger partial charge in [-0.3, -0.25) is 9.78 Å². The van der Waals surface area contributed by atoms with Crippen molar-refractivity contribution >= 4 is 17.3 Å². The topological polar surface area (TPSA) is 54.0 Å². The van der Waals surface area contributed by atoms with Crippen molar-refractivity contribution in [2.45, 2.75) is 39.0 Å². The fraction of sp³-hybridized carbons (Fsp3) is 0.333. The van der Waals surface area contributed by atoms with Crippen LogP contribution in [0.25, 0.3) is 0 Å². The predicted octanol–water partition coefficient (Wildman–Crippen LogP) is 4.75. The van der Waals surface area contributed by atoms with Crippen molar-refractivity contribution in [3.05, 3.63) is 65.5 Å².